The van der Waals surface area contributed by atoms with E-state index in [0.29, 0.717) is 12.2 Å². The number of nitrogens with one attached hydrogen (secondary N) is 1. The molecule has 2 aromatic rings. The maximum Gasteiger partial charge on any atom is 0.270 e. The molecule has 1 aliphatic heterocycles. The molecule has 1 saturated heterocycles. The van der Waals surface area contributed by atoms with Gasteiger partial charge in [0.2, 0.25) is 0 Å². The predicted octanol–water partition coefficient (Wildman–Crippen LogP) is 2.60. The number of nitrogens with zero attached hydrogens (tertiary/aromatic N) is 4. The third kappa shape index (κ3) is 4.39. The van der Waals surface area contributed by atoms with Gasteiger partial charge in [0.25, 0.3) is 5.91 Å². The van der Waals surface area contributed by atoms with Crippen molar-refractivity contribution in [1.82, 2.24) is 15.3 Å². The summed E-state index contributed by atoms with van der Waals surface area (Å²) in [5.41, 5.74) is 1.55. The maximum atomic E-state index is 12.1. The average molecular weight is 360 g/mol. The zero-order valence-corrected chi connectivity index (χ0v) is 15.0. The van der Waals surface area contributed by atoms with Crippen LogP contribution in [0.1, 0.15) is 23.8 Å². The molecule has 0 aliphatic carbocycles. The Hall–Kier alpha value is -2.34. The number of aromatic nitrogens is 2. The first-order valence-electron chi connectivity index (χ1n) is 8.53. The number of carbonyl (C=O) groups is 1. The normalized spacial score (nSPS) is 14.5. The molecular formula is C18H22ClN5O. The third-order valence-electron chi connectivity index (χ3n) is 4.20. The topological polar surface area (TPSA) is 61.4 Å². The van der Waals surface area contributed by atoms with Crippen molar-refractivity contribution in [3.05, 3.63) is 47.4 Å². The van der Waals surface area contributed by atoms with Gasteiger partial charge in [0.1, 0.15) is 17.8 Å². The summed E-state index contributed by atoms with van der Waals surface area (Å²) in [6.07, 6.45) is 2.36. The van der Waals surface area contributed by atoms with Crippen molar-refractivity contribution in [2.75, 3.05) is 42.5 Å². The number of rotatable bonds is 5. The van der Waals surface area contributed by atoms with Gasteiger partial charge in [0.05, 0.1) is 0 Å². The lowest BCUT2D eigenvalue weighted by atomic mass is 10.2. The number of hydrogen-bond donors (Lipinski definition) is 1. The second-order valence-corrected chi connectivity index (χ2v) is 6.41. The van der Waals surface area contributed by atoms with Gasteiger partial charge in [-0.3, -0.25) is 4.79 Å². The Labute approximate surface area is 152 Å². The minimum atomic E-state index is -0.150. The number of anilines is 2. The van der Waals surface area contributed by atoms with Gasteiger partial charge >= 0.3 is 0 Å². The van der Waals surface area contributed by atoms with Gasteiger partial charge in [-0.2, -0.15) is 0 Å². The van der Waals surface area contributed by atoms with Gasteiger partial charge in [-0.15, -0.1) is 0 Å². The number of amides is 1. The summed E-state index contributed by atoms with van der Waals surface area (Å²) in [5.74, 6) is 0.644. The number of carbonyl (C=O) groups excluding carboxylic acids is 1. The summed E-state index contributed by atoms with van der Waals surface area (Å²) in [5, 5.41) is 3.59. The van der Waals surface area contributed by atoms with Gasteiger partial charge < -0.3 is 15.1 Å². The van der Waals surface area contributed by atoms with Crippen molar-refractivity contribution in [1.29, 1.82) is 0 Å². The molecule has 0 atom stereocenters. The fraction of sp³-hybridized carbons (Fsp3) is 0.389. The van der Waals surface area contributed by atoms with E-state index in [1.807, 2.05) is 25.1 Å². The Morgan fingerprint density at radius 3 is 2.64 bits per heavy atom. The second-order valence-electron chi connectivity index (χ2n) is 5.97. The third-order valence-corrected chi connectivity index (χ3v) is 4.43. The summed E-state index contributed by atoms with van der Waals surface area (Å²) >= 11 is 6.08. The molecule has 0 spiro atoms. The van der Waals surface area contributed by atoms with E-state index < -0.39 is 0 Å². The Bertz CT molecular complexity index is 731. The van der Waals surface area contributed by atoms with Crippen LogP contribution in [0, 0.1) is 0 Å². The van der Waals surface area contributed by atoms with Gasteiger partial charge in [0.15, 0.2) is 0 Å². The van der Waals surface area contributed by atoms with Crippen LogP contribution in [0.25, 0.3) is 0 Å². The molecule has 0 bridgehead atoms. The average Bonchev–Trinajstić information content (AvgIpc) is 2.66. The van der Waals surface area contributed by atoms with Crippen molar-refractivity contribution >= 4 is 29.0 Å². The summed E-state index contributed by atoms with van der Waals surface area (Å²) in [4.78, 5) is 25.0. The highest BCUT2D eigenvalue weighted by Gasteiger charge is 2.19. The SMILES string of the molecule is CCCNC(=O)c1cc(N2CCN(c3cccc(Cl)c3)CC2)ncn1. The minimum Gasteiger partial charge on any atom is -0.368 e. The molecule has 6 nitrogen and oxygen atoms in total. The first kappa shape index (κ1) is 17.5. The molecule has 0 unspecified atom stereocenters. The van der Waals surface area contributed by atoms with Crippen LogP contribution in [-0.2, 0) is 0 Å². The molecule has 1 amide bonds. The van der Waals surface area contributed by atoms with Crippen molar-refractivity contribution < 1.29 is 4.79 Å². The molecule has 1 aromatic carbocycles. The fourth-order valence-corrected chi connectivity index (χ4v) is 3.02. The second kappa shape index (κ2) is 8.16. The summed E-state index contributed by atoms with van der Waals surface area (Å²) in [6.45, 7) is 6.09. The van der Waals surface area contributed by atoms with Crippen LogP contribution in [0.3, 0.4) is 0 Å². The van der Waals surface area contributed by atoms with Crippen LogP contribution in [0.5, 0.6) is 0 Å². The fourth-order valence-electron chi connectivity index (χ4n) is 2.84. The minimum absolute atomic E-state index is 0.150. The molecule has 1 aromatic heterocycles. The van der Waals surface area contributed by atoms with Crippen LogP contribution in [0.15, 0.2) is 36.7 Å². The number of piperazine rings is 1. The molecule has 1 fully saturated rings. The largest absolute Gasteiger partial charge is 0.368 e. The van der Waals surface area contributed by atoms with Crippen LogP contribution in [-0.4, -0.2) is 48.6 Å². The van der Waals surface area contributed by atoms with Crippen molar-refractivity contribution in [2.24, 2.45) is 0 Å². The van der Waals surface area contributed by atoms with E-state index >= 15 is 0 Å². The Morgan fingerprint density at radius 2 is 1.92 bits per heavy atom. The molecule has 3 rings (SSSR count). The molecule has 0 radical (unpaired) electrons. The van der Waals surface area contributed by atoms with Gasteiger partial charge in [0, 0.05) is 49.5 Å². The van der Waals surface area contributed by atoms with Crippen LogP contribution in [0.2, 0.25) is 5.02 Å². The van der Waals surface area contributed by atoms with Crippen molar-refractivity contribution in [3.63, 3.8) is 0 Å². The first-order chi connectivity index (χ1) is 12.2. The molecule has 1 N–H and O–H groups in total. The summed E-state index contributed by atoms with van der Waals surface area (Å²) < 4.78 is 0. The van der Waals surface area contributed by atoms with Crippen LogP contribution < -0.4 is 15.1 Å². The van der Waals surface area contributed by atoms with E-state index in [2.05, 4.69) is 31.2 Å². The van der Waals surface area contributed by atoms with Gasteiger partial charge in [-0.05, 0) is 24.6 Å². The summed E-state index contributed by atoms with van der Waals surface area (Å²) in [7, 11) is 0. The molecule has 132 valence electrons. The smallest absolute Gasteiger partial charge is 0.270 e. The molecule has 2 heterocycles. The quantitative estimate of drug-likeness (QED) is 0.889. The molecular weight excluding hydrogens is 338 g/mol. The van der Waals surface area contributed by atoms with E-state index in [0.717, 1.165) is 49.1 Å². The van der Waals surface area contributed by atoms with E-state index in [1.54, 1.807) is 6.07 Å². The molecule has 1 aliphatic rings. The van der Waals surface area contributed by atoms with Gasteiger partial charge in [-0.1, -0.05) is 24.6 Å². The van der Waals surface area contributed by atoms with Crippen LogP contribution >= 0.6 is 11.6 Å². The standard InChI is InChI=1S/C18H22ClN5O/c1-2-6-20-18(25)16-12-17(22-13-21-16)24-9-7-23(8-10-24)15-5-3-4-14(19)11-15/h3-5,11-13H,2,6-10H2,1H3,(H,20,25). The van der Waals surface area contributed by atoms with E-state index in [-0.39, 0.29) is 5.91 Å². The molecule has 7 heteroatoms. The van der Waals surface area contributed by atoms with E-state index in [1.165, 1.54) is 6.33 Å². The zero-order valence-electron chi connectivity index (χ0n) is 14.3. The lowest BCUT2D eigenvalue weighted by molar-refractivity contribution is 0.0948. The molecule has 0 saturated carbocycles. The monoisotopic (exact) mass is 359 g/mol. The number of hydrogen-bond acceptors (Lipinski definition) is 5. The van der Waals surface area contributed by atoms with E-state index in [4.69, 9.17) is 11.6 Å². The highest BCUT2D eigenvalue weighted by Crippen LogP contribution is 2.22. The van der Waals surface area contributed by atoms with Crippen molar-refractivity contribution in [3.8, 4) is 0 Å². The number of halogens is 1. The highest BCUT2D eigenvalue weighted by atomic mass is 35.5. The Balaban J connectivity index is 1.64. The molecule has 25 heavy (non-hydrogen) atoms. The highest BCUT2D eigenvalue weighted by molar-refractivity contribution is 6.30. The Morgan fingerprint density at radius 1 is 1.16 bits per heavy atom. The van der Waals surface area contributed by atoms with Crippen LogP contribution in [0.4, 0.5) is 11.5 Å². The Kier molecular flexibility index (Phi) is 5.71. The first-order valence-corrected chi connectivity index (χ1v) is 8.91. The lowest BCUT2D eigenvalue weighted by Gasteiger charge is -2.36. The predicted molar refractivity (Wildman–Crippen MR) is 101 cm³/mol. The van der Waals surface area contributed by atoms with Crippen molar-refractivity contribution in [2.45, 2.75) is 13.3 Å². The lowest BCUT2D eigenvalue weighted by Crippen LogP contribution is -2.47. The zero-order chi connectivity index (χ0) is 17.6. The van der Waals surface area contributed by atoms with E-state index in [9.17, 15) is 4.79 Å². The van der Waals surface area contributed by atoms with Gasteiger partial charge in [-0.25, -0.2) is 9.97 Å². The summed E-state index contributed by atoms with van der Waals surface area (Å²) in [6, 6.07) is 9.67. The number of benzene rings is 1. The maximum absolute atomic E-state index is 12.1.